The molecule has 2 aliphatic rings. The quantitative estimate of drug-likeness (QED) is 0.710. The average Bonchev–Trinajstić information content (AvgIpc) is 2.79. The zero-order valence-electron chi connectivity index (χ0n) is 18.3. The van der Waals surface area contributed by atoms with E-state index in [1.165, 1.54) is 22.6 Å². The Kier molecular flexibility index (Phi) is 6.57. The van der Waals surface area contributed by atoms with Crippen LogP contribution in [0.25, 0.3) is 6.08 Å². The van der Waals surface area contributed by atoms with Gasteiger partial charge in [0.15, 0.2) is 11.6 Å². The summed E-state index contributed by atoms with van der Waals surface area (Å²) in [6.07, 6.45) is 4.04. The lowest BCUT2D eigenvalue weighted by atomic mass is 9.99. The van der Waals surface area contributed by atoms with Crippen molar-refractivity contribution in [1.29, 1.82) is 0 Å². The summed E-state index contributed by atoms with van der Waals surface area (Å²) in [5, 5.41) is 10.2. The molecule has 0 bridgehead atoms. The fourth-order valence-electron chi connectivity index (χ4n) is 3.99. The van der Waals surface area contributed by atoms with Crippen LogP contribution in [0.4, 0.5) is 11.6 Å². The van der Waals surface area contributed by atoms with Gasteiger partial charge < -0.3 is 9.80 Å². The molecular formula is C23H31N5O2S. The number of aromatic nitrogens is 2. The van der Waals surface area contributed by atoms with Crippen molar-refractivity contribution in [3.8, 4) is 0 Å². The van der Waals surface area contributed by atoms with E-state index in [2.05, 4.69) is 26.9 Å². The number of anilines is 2. The molecule has 0 spiro atoms. The van der Waals surface area contributed by atoms with Crippen molar-refractivity contribution < 1.29 is 8.42 Å². The predicted molar refractivity (Wildman–Crippen MR) is 126 cm³/mol. The molecule has 2 aliphatic heterocycles. The second-order valence-corrected chi connectivity index (χ2v) is 10.4. The van der Waals surface area contributed by atoms with Gasteiger partial charge in [0.1, 0.15) is 0 Å². The number of nitrogens with zero attached hydrogens (tertiary/aromatic N) is 5. The Labute approximate surface area is 185 Å². The van der Waals surface area contributed by atoms with Crippen LogP contribution in [0.3, 0.4) is 0 Å². The van der Waals surface area contributed by atoms with Crippen LogP contribution in [-0.4, -0.2) is 62.2 Å². The lowest BCUT2D eigenvalue weighted by Crippen LogP contribution is -2.48. The van der Waals surface area contributed by atoms with Crippen molar-refractivity contribution in [2.45, 2.75) is 26.7 Å². The Hall–Kier alpha value is -2.45. The molecular weight excluding hydrogens is 410 g/mol. The highest BCUT2D eigenvalue weighted by Gasteiger charge is 2.26. The number of hydrogen-bond donors (Lipinski definition) is 0. The van der Waals surface area contributed by atoms with Gasteiger partial charge in [0.25, 0.3) is 0 Å². The molecule has 0 unspecified atom stereocenters. The molecule has 2 fully saturated rings. The largest absolute Gasteiger partial charge is 0.355 e. The standard InChI is InChI=1S/C23H31N5O2S/c1-19-3-5-21(6-4-19)11-18-31(29,30)28-16-14-27(15-17-28)23-8-7-22(24-25-23)26-12-9-20(2)10-13-26/h3-8,11,18,20H,9-10,12-17H2,1-2H3/b18-11+. The SMILES string of the molecule is Cc1ccc(/C=C/S(=O)(=O)N2CCN(c3ccc(N4CCC(C)CC4)nn3)CC2)cc1. The number of hydrogen-bond acceptors (Lipinski definition) is 6. The molecule has 1 aromatic carbocycles. The first kappa shape index (κ1) is 21.8. The molecule has 166 valence electrons. The molecule has 4 rings (SSSR count). The smallest absolute Gasteiger partial charge is 0.236 e. The second-order valence-electron chi connectivity index (χ2n) is 8.56. The topological polar surface area (TPSA) is 69.6 Å². The van der Waals surface area contributed by atoms with Crippen molar-refractivity contribution in [2.24, 2.45) is 5.92 Å². The molecule has 1 aromatic heterocycles. The van der Waals surface area contributed by atoms with E-state index < -0.39 is 10.0 Å². The van der Waals surface area contributed by atoms with Gasteiger partial charge in [-0.3, -0.25) is 0 Å². The van der Waals surface area contributed by atoms with Gasteiger partial charge in [-0.05, 0) is 49.5 Å². The van der Waals surface area contributed by atoms with Crippen LogP contribution in [0.5, 0.6) is 0 Å². The summed E-state index contributed by atoms with van der Waals surface area (Å²) in [4.78, 5) is 4.40. The highest BCUT2D eigenvalue weighted by Crippen LogP contribution is 2.23. The summed E-state index contributed by atoms with van der Waals surface area (Å²) < 4.78 is 26.9. The molecule has 2 saturated heterocycles. The predicted octanol–water partition coefficient (Wildman–Crippen LogP) is 3.14. The van der Waals surface area contributed by atoms with Gasteiger partial charge in [-0.2, -0.15) is 4.31 Å². The minimum Gasteiger partial charge on any atom is -0.355 e. The van der Waals surface area contributed by atoms with Crippen molar-refractivity contribution in [1.82, 2.24) is 14.5 Å². The van der Waals surface area contributed by atoms with E-state index in [4.69, 9.17) is 0 Å². The van der Waals surface area contributed by atoms with E-state index in [9.17, 15) is 8.42 Å². The van der Waals surface area contributed by atoms with Crippen LogP contribution in [0.2, 0.25) is 0 Å². The van der Waals surface area contributed by atoms with Crippen molar-refractivity contribution in [3.05, 3.63) is 52.9 Å². The van der Waals surface area contributed by atoms with E-state index in [-0.39, 0.29) is 0 Å². The van der Waals surface area contributed by atoms with E-state index in [0.717, 1.165) is 41.8 Å². The number of benzene rings is 1. The monoisotopic (exact) mass is 441 g/mol. The third-order valence-corrected chi connectivity index (χ3v) is 7.74. The highest BCUT2D eigenvalue weighted by atomic mass is 32.2. The molecule has 8 heteroatoms. The maximum Gasteiger partial charge on any atom is 0.236 e. The van der Waals surface area contributed by atoms with Crippen LogP contribution in [0.15, 0.2) is 41.8 Å². The molecule has 0 atom stereocenters. The fraction of sp³-hybridized carbons (Fsp3) is 0.478. The van der Waals surface area contributed by atoms with Gasteiger partial charge in [0, 0.05) is 44.7 Å². The Balaban J connectivity index is 1.33. The van der Waals surface area contributed by atoms with Gasteiger partial charge in [0.05, 0.1) is 0 Å². The first-order valence-corrected chi connectivity index (χ1v) is 12.5. The molecule has 0 radical (unpaired) electrons. The minimum atomic E-state index is -3.44. The molecule has 0 saturated carbocycles. The summed E-state index contributed by atoms with van der Waals surface area (Å²) in [6.45, 7) is 8.45. The van der Waals surface area contributed by atoms with Crippen LogP contribution >= 0.6 is 0 Å². The van der Waals surface area contributed by atoms with Gasteiger partial charge in [-0.25, -0.2) is 8.42 Å². The Morgan fingerprint density at radius 1 is 0.839 bits per heavy atom. The van der Waals surface area contributed by atoms with Gasteiger partial charge in [-0.15, -0.1) is 10.2 Å². The van der Waals surface area contributed by atoms with Crippen LogP contribution in [0, 0.1) is 12.8 Å². The molecule has 2 aromatic rings. The number of piperazine rings is 1. The minimum absolute atomic E-state index is 0.439. The number of piperidine rings is 1. The molecule has 3 heterocycles. The fourth-order valence-corrected chi connectivity index (χ4v) is 5.17. The van der Waals surface area contributed by atoms with E-state index in [1.807, 2.05) is 43.3 Å². The Bertz CT molecular complexity index is 989. The van der Waals surface area contributed by atoms with Gasteiger partial charge >= 0.3 is 0 Å². The average molecular weight is 442 g/mol. The maximum absolute atomic E-state index is 12.7. The molecule has 31 heavy (non-hydrogen) atoms. The second kappa shape index (κ2) is 9.36. The van der Waals surface area contributed by atoms with Crippen molar-refractivity contribution in [3.63, 3.8) is 0 Å². The first-order chi connectivity index (χ1) is 14.9. The van der Waals surface area contributed by atoms with Gasteiger partial charge in [0.2, 0.25) is 10.0 Å². The summed E-state index contributed by atoms with van der Waals surface area (Å²) in [7, 11) is -3.44. The van der Waals surface area contributed by atoms with Crippen LogP contribution in [0.1, 0.15) is 30.9 Å². The third-order valence-electron chi connectivity index (χ3n) is 6.18. The van der Waals surface area contributed by atoms with E-state index >= 15 is 0 Å². The van der Waals surface area contributed by atoms with Crippen LogP contribution in [-0.2, 0) is 10.0 Å². The maximum atomic E-state index is 12.7. The summed E-state index contributed by atoms with van der Waals surface area (Å²) in [5.41, 5.74) is 2.03. The molecule has 0 N–H and O–H groups in total. The first-order valence-electron chi connectivity index (χ1n) is 11.0. The molecule has 7 nitrogen and oxygen atoms in total. The number of aryl methyl sites for hydroxylation is 1. The lowest BCUT2D eigenvalue weighted by molar-refractivity contribution is 0.388. The summed E-state index contributed by atoms with van der Waals surface area (Å²) in [5.74, 6) is 2.52. The molecule has 0 aliphatic carbocycles. The Morgan fingerprint density at radius 3 is 1.94 bits per heavy atom. The summed E-state index contributed by atoms with van der Waals surface area (Å²) >= 11 is 0. The van der Waals surface area contributed by atoms with Gasteiger partial charge in [-0.1, -0.05) is 36.8 Å². The summed E-state index contributed by atoms with van der Waals surface area (Å²) in [6, 6.07) is 11.8. The van der Waals surface area contributed by atoms with E-state index in [0.29, 0.717) is 26.2 Å². The number of rotatable bonds is 5. The van der Waals surface area contributed by atoms with Crippen LogP contribution < -0.4 is 9.80 Å². The molecule has 0 amide bonds. The normalized spacial score (nSPS) is 19.3. The number of sulfonamides is 1. The van der Waals surface area contributed by atoms with E-state index in [1.54, 1.807) is 6.08 Å². The van der Waals surface area contributed by atoms with Crippen molar-refractivity contribution >= 4 is 27.7 Å². The zero-order valence-corrected chi connectivity index (χ0v) is 19.1. The Morgan fingerprint density at radius 2 is 1.39 bits per heavy atom. The highest BCUT2D eigenvalue weighted by molar-refractivity contribution is 7.92. The third kappa shape index (κ3) is 5.43. The lowest BCUT2D eigenvalue weighted by Gasteiger charge is -2.34. The van der Waals surface area contributed by atoms with Crippen molar-refractivity contribution in [2.75, 3.05) is 49.1 Å². The zero-order chi connectivity index (χ0) is 21.8.